The summed E-state index contributed by atoms with van der Waals surface area (Å²) in [4.78, 5) is 221. The molecule has 4 saturated heterocycles. The zero-order valence-electron chi connectivity index (χ0n) is 79.5. The Labute approximate surface area is 823 Å². The fraction of sp³-hybridized carbons (Fsp3) is 0.500. The first-order valence-corrected chi connectivity index (χ1v) is 50.2. The molecule has 0 radical (unpaired) electrons. The van der Waals surface area contributed by atoms with Gasteiger partial charge in [-0.25, -0.2) is 9.59 Å². The van der Waals surface area contributed by atoms with Gasteiger partial charge < -0.3 is 103 Å². The average Bonchev–Trinajstić information content (AvgIpc) is 1.57. The summed E-state index contributed by atoms with van der Waals surface area (Å²) in [6.07, 6.45) is -0.299. The van der Waals surface area contributed by atoms with Gasteiger partial charge in [-0.2, -0.15) is 0 Å². The summed E-state index contributed by atoms with van der Waals surface area (Å²) >= 11 is 7.94. The SMILES string of the molecule is COc1cc2cc(c1Cl)N(C)C(=O)C[C@H](OC(=O)[C@H](C)N(C)C(=O)CCSC1CC(=O)N(CCCC(=O)N[C@H](Cc3ccc4ccccc4c3)C(=O)N[C@H]3CSSC[C@H](C(=O)N[C@H](C(N)=O)[C@@H](C)O)NC(=O)[C@H](C(C)C)NC(=O)[C@H](CCCCN)NC(=O)[C@@H](CC4=CCc5ccccc54)NC(=O)[C@H](Cc4ccc(O)cc4)NC3=O)C1=O)[C@]1(C)O[C@H]1[C@H](C)[C@@H]1C[C@@](O)(NC(=O)O1)[C@H](OC)/C=C/C=C(\C)C2. The standard InChI is InChI=1S/C98H125ClN14O23S3/c1-52(2)83-93(127)107-71(92(126)109-84(56(6)114)86(101)120)51-139-138-50-70(91(125)104-68(42-57-29-34-64(115)35-30-57)89(123)105-69(46-63-33-32-61-22-14-15-24-65(61)63)90(124)103-66(87(121)108-83)25-16-17-37-100)106-88(122)67(43-58-28-31-60-21-12-13-23-62(60)41-58)102-78(116)27-19-38-113-81(119)47-75(94(113)128)137-39-36-79(117)111(8)55(5)95(129)135-77-48-80(118)112(9)72-44-59(45-73(132-10)82(72)99)40-53(3)20-18-26-76(133-11)98(131)49-74(134-96(130)110-98)54(4)85-97(77,7)136-85/h12-15,18,20-24,26,28-31,33-35,41,44-45,52,54-56,66-71,74-77,83-85,114-115,131H,16-17,19,25,27,32,36-40,42-43,46-51,100H2,1-11H3,(H2,101,120)(H,102,116)(H,103,124)(H,104,125)(H,105,123)(H,106,122)(H,107,127)(H,108,121)(H,109,126)(H,110,130)/b26-18+,53-20+/t54-,55+,56-,66+,67-,68+,69-,70+,71-,74+,75?,76-,77+,83+,84+,85+,97+,98+/m1/s1. The largest absolute Gasteiger partial charge is 0.508 e. The number of fused-ring (bicyclic) bond motifs is 7. The maximum absolute atomic E-state index is 15.6. The molecule has 5 aromatic rings. The van der Waals surface area contributed by atoms with E-state index in [9.17, 15) is 68.1 Å². The molecule has 4 bridgehead atoms. The van der Waals surface area contributed by atoms with Gasteiger partial charge in [0.2, 0.25) is 76.8 Å². The number of likely N-dealkylation sites (N-methyl/N-ethyl adjacent to an activating group) is 1. The number of phenolic OH excluding ortho intramolecular Hbond substituents is 1. The minimum absolute atomic E-state index is 0.00153. The number of nitrogens with zero attached hydrogens (tertiary/aromatic N) is 3. The number of imide groups is 1. The van der Waals surface area contributed by atoms with Crippen molar-refractivity contribution in [3.63, 3.8) is 0 Å². The van der Waals surface area contributed by atoms with Gasteiger partial charge in [0.1, 0.15) is 94.8 Å². The van der Waals surface area contributed by atoms with Crippen molar-refractivity contribution in [2.45, 2.75) is 240 Å². The van der Waals surface area contributed by atoms with Crippen LogP contribution < -0.4 is 69.0 Å². The van der Waals surface area contributed by atoms with E-state index >= 15 is 19.2 Å². The monoisotopic (exact) mass is 2000 g/mol. The molecule has 11 rings (SSSR count). The average molecular weight is 2000 g/mol. The number of likely N-dealkylation sites (tertiary alicyclic amines) is 1. The van der Waals surface area contributed by atoms with E-state index in [-0.39, 0.29) is 110 Å². The number of allylic oxidation sites excluding steroid dienone is 4. The number of thioether (sulfide) groups is 1. The predicted molar refractivity (Wildman–Crippen MR) is 524 cm³/mol. The molecule has 0 saturated carbocycles. The normalized spacial score (nSPS) is 26.2. The molecule has 750 valence electrons. The van der Waals surface area contributed by atoms with Crippen molar-refractivity contribution in [2.75, 3.05) is 63.6 Å². The van der Waals surface area contributed by atoms with Crippen molar-refractivity contribution in [3.05, 3.63) is 166 Å². The fourth-order valence-electron chi connectivity index (χ4n) is 17.4. The summed E-state index contributed by atoms with van der Waals surface area (Å²) in [6.45, 7) is 11.1. The topological polar surface area (TPSA) is 536 Å². The van der Waals surface area contributed by atoms with Crippen LogP contribution in [0.2, 0.25) is 5.02 Å². The number of epoxide rings is 1. The molecule has 4 fully saturated rings. The molecule has 18 atom stereocenters. The minimum atomic E-state index is -1.96. The number of carbonyl (C=O) groups excluding carboxylic acids is 15. The number of methoxy groups -OCH3 is 2. The highest BCUT2D eigenvalue weighted by molar-refractivity contribution is 8.76. The Balaban J connectivity index is 0.791. The fourth-order valence-corrected chi connectivity index (χ4v) is 21.2. The van der Waals surface area contributed by atoms with E-state index in [1.54, 1.807) is 58.0 Å². The van der Waals surface area contributed by atoms with Gasteiger partial charge in [-0.3, -0.25) is 72.5 Å². The molecule has 5 heterocycles. The summed E-state index contributed by atoms with van der Waals surface area (Å²) in [7, 11) is 7.53. The minimum Gasteiger partial charge on any atom is -0.508 e. The Morgan fingerprint density at radius 2 is 1.45 bits per heavy atom. The van der Waals surface area contributed by atoms with Crippen LogP contribution in [0.1, 0.15) is 140 Å². The summed E-state index contributed by atoms with van der Waals surface area (Å²) in [5, 5.41) is 58.3. The van der Waals surface area contributed by atoms with Crippen LogP contribution in [0.5, 0.6) is 11.5 Å². The van der Waals surface area contributed by atoms with Crippen molar-refractivity contribution in [1.29, 1.82) is 0 Å². The number of nitrogens with one attached hydrogen (secondary N) is 9. The molecular weight excluding hydrogens is 1870 g/mol. The second-order valence-corrected chi connectivity index (χ2v) is 40.6. The van der Waals surface area contributed by atoms with Crippen molar-refractivity contribution in [2.24, 2.45) is 23.3 Å². The predicted octanol–water partition coefficient (Wildman–Crippen LogP) is 4.84. The molecule has 5 aliphatic heterocycles. The summed E-state index contributed by atoms with van der Waals surface area (Å²) in [5.41, 5.74) is 13.4. The van der Waals surface area contributed by atoms with E-state index in [0.717, 1.165) is 70.6 Å². The maximum Gasteiger partial charge on any atom is 0.409 e. The molecule has 1 unspecified atom stereocenters. The molecule has 41 heteroatoms. The van der Waals surface area contributed by atoms with Crippen LogP contribution in [0.25, 0.3) is 16.3 Å². The first kappa shape index (κ1) is 108. The molecule has 37 nitrogen and oxygen atoms in total. The number of anilines is 1. The summed E-state index contributed by atoms with van der Waals surface area (Å²) in [6, 6.07) is 16.0. The number of hydrogen-bond donors (Lipinski definition) is 14. The number of phenols is 1. The van der Waals surface area contributed by atoms with E-state index in [0.29, 0.717) is 47.9 Å². The number of carbonyl (C=O) groups is 15. The molecule has 16 N–H and O–H groups in total. The number of esters is 1. The number of rotatable bonds is 31. The second kappa shape index (κ2) is 49.0. The van der Waals surface area contributed by atoms with Gasteiger partial charge in [0.05, 0.1) is 36.7 Å². The quantitative estimate of drug-likeness (QED) is 0.00927. The number of ether oxygens (including phenoxy) is 5. The van der Waals surface area contributed by atoms with Gasteiger partial charge in [0.25, 0.3) is 0 Å². The number of amides is 14. The molecule has 139 heavy (non-hydrogen) atoms. The number of hydrogen-bond acceptors (Lipinski definition) is 27. The first-order chi connectivity index (χ1) is 66.1. The molecular formula is C98H125ClN14O23S3. The van der Waals surface area contributed by atoms with E-state index in [4.69, 9.17) is 46.8 Å². The Morgan fingerprint density at radius 3 is 2.15 bits per heavy atom. The Bertz CT molecular complexity index is 5500. The number of nitrogens with two attached hydrogens (primary N) is 2. The van der Waals surface area contributed by atoms with Crippen LogP contribution >= 0.6 is 45.0 Å². The zero-order chi connectivity index (χ0) is 101. The van der Waals surface area contributed by atoms with Crippen LogP contribution in [-0.4, -0.2) is 274 Å². The number of alkyl carbamates (subject to hydrolysis) is 1. The third-order valence-corrected chi connectivity index (χ3v) is 29.8. The van der Waals surface area contributed by atoms with Gasteiger partial charge in [-0.1, -0.05) is 163 Å². The zero-order valence-corrected chi connectivity index (χ0v) is 82.7. The number of unbranched alkanes of at least 4 members (excludes halogenated alkanes) is 1. The summed E-state index contributed by atoms with van der Waals surface area (Å²) in [5.74, 6) is -13.3. The van der Waals surface area contributed by atoms with Gasteiger partial charge in [0, 0.05) is 95.9 Å². The lowest BCUT2D eigenvalue weighted by Crippen LogP contribution is -2.63. The van der Waals surface area contributed by atoms with Crippen molar-refractivity contribution in [3.8, 4) is 11.5 Å². The van der Waals surface area contributed by atoms with Crippen LogP contribution in [0.15, 0.2) is 133 Å². The maximum atomic E-state index is 15.6. The van der Waals surface area contributed by atoms with E-state index in [1.165, 1.54) is 71.3 Å². The highest BCUT2D eigenvalue weighted by atomic mass is 35.5. The third-order valence-electron chi connectivity index (χ3n) is 25.8. The lowest BCUT2D eigenvalue weighted by atomic mass is 9.83. The molecule has 1 aliphatic carbocycles. The molecule has 14 amide bonds. The van der Waals surface area contributed by atoms with Crippen LogP contribution in [0, 0.1) is 11.8 Å². The lowest BCUT2D eigenvalue weighted by Gasteiger charge is -2.42. The van der Waals surface area contributed by atoms with Crippen molar-refractivity contribution >= 4 is 156 Å². The van der Waals surface area contributed by atoms with E-state index < -0.39 is 209 Å². The highest BCUT2D eigenvalue weighted by Gasteiger charge is 2.65. The van der Waals surface area contributed by atoms with Crippen LogP contribution in [0.4, 0.5) is 10.5 Å². The number of halogens is 1. The van der Waals surface area contributed by atoms with Gasteiger partial charge >= 0.3 is 12.1 Å². The van der Waals surface area contributed by atoms with Gasteiger partial charge in [0.15, 0.2) is 5.72 Å². The molecule has 6 aliphatic rings. The molecule has 5 aromatic carbocycles. The second-order valence-electron chi connectivity index (χ2n) is 36.4. The number of primary amides is 1. The first-order valence-electron chi connectivity index (χ1n) is 46.3. The Hall–Kier alpha value is -11.6. The Kier molecular flexibility index (Phi) is 38.0. The van der Waals surface area contributed by atoms with Crippen LogP contribution in [0.3, 0.4) is 0 Å². The molecule has 0 spiro atoms. The van der Waals surface area contributed by atoms with Gasteiger partial charge in [-0.15, -0.1) is 11.8 Å². The van der Waals surface area contributed by atoms with E-state index in [1.807, 2.05) is 79.7 Å². The number of aliphatic hydroxyl groups is 2. The van der Waals surface area contributed by atoms with E-state index in [2.05, 4.69) is 47.9 Å². The number of benzene rings is 5. The number of aromatic hydroxyl groups is 1. The summed E-state index contributed by atoms with van der Waals surface area (Å²) < 4.78 is 29.7. The smallest absolute Gasteiger partial charge is 0.409 e. The van der Waals surface area contributed by atoms with Crippen molar-refractivity contribution in [1.82, 2.24) is 57.7 Å². The number of aliphatic hydroxyl groups excluding tert-OH is 1. The van der Waals surface area contributed by atoms with Gasteiger partial charge in [-0.05, 0) is 147 Å². The Morgan fingerprint density at radius 1 is 0.777 bits per heavy atom. The van der Waals surface area contributed by atoms with Crippen molar-refractivity contribution < 1.29 is 111 Å². The third kappa shape index (κ3) is 28.2. The molecule has 0 aromatic heterocycles. The highest BCUT2D eigenvalue weighted by Crippen LogP contribution is 2.50. The van der Waals surface area contributed by atoms with Crippen LogP contribution in [-0.2, 0) is 112 Å². The lowest BCUT2D eigenvalue weighted by molar-refractivity contribution is -0.162.